The van der Waals surface area contributed by atoms with Gasteiger partial charge in [0.25, 0.3) is 5.91 Å². The molecule has 1 aromatic heterocycles. The van der Waals surface area contributed by atoms with Gasteiger partial charge in [0.1, 0.15) is 5.56 Å². The Balaban J connectivity index is 2.00. The molecule has 0 saturated carbocycles. The number of carboxylic acids is 1. The maximum Gasteiger partial charge on any atom is 0.341 e. The van der Waals surface area contributed by atoms with E-state index >= 15 is 0 Å². The van der Waals surface area contributed by atoms with Crippen molar-refractivity contribution < 1.29 is 14.7 Å². The number of rotatable bonds is 5. The molecule has 1 fully saturated rings. The highest BCUT2D eigenvalue weighted by Crippen LogP contribution is 2.27. The monoisotopic (exact) mass is 418 g/mol. The second-order valence-corrected chi connectivity index (χ2v) is 8.45. The summed E-state index contributed by atoms with van der Waals surface area (Å²) in [5.41, 5.74) is 3.37. The molecule has 1 aliphatic rings. The van der Waals surface area contributed by atoms with E-state index < -0.39 is 11.4 Å². The average molecular weight is 418 g/mol. The summed E-state index contributed by atoms with van der Waals surface area (Å²) >= 11 is 0. The zero-order chi connectivity index (χ0) is 22.3. The van der Waals surface area contributed by atoms with E-state index in [2.05, 4.69) is 0 Å². The number of carbonyl (C=O) groups is 2. The number of benzene rings is 2. The van der Waals surface area contributed by atoms with Crippen molar-refractivity contribution >= 4 is 22.8 Å². The maximum atomic E-state index is 13.2. The minimum absolute atomic E-state index is 0.0514. The van der Waals surface area contributed by atoms with Gasteiger partial charge in [0.05, 0.1) is 5.52 Å². The van der Waals surface area contributed by atoms with Gasteiger partial charge >= 0.3 is 5.97 Å². The number of aryl methyl sites for hydroxylation is 1. The molecule has 0 unspecified atom stereocenters. The lowest BCUT2D eigenvalue weighted by Crippen LogP contribution is -2.42. The van der Waals surface area contributed by atoms with Crippen LogP contribution in [0, 0.1) is 6.92 Å². The molecule has 0 radical (unpaired) electrons. The molecule has 0 bridgehead atoms. The molecule has 1 saturated heterocycles. The fourth-order valence-electron chi connectivity index (χ4n) is 4.07. The van der Waals surface area contributed by atoms with Gasteiger partial charge < -0.3 is 14.6 Å². The van der Waals surface area contributed by atoms with Crippen molar-refractivity contribution in [1.29, 1.82) is 0 Å². The molecular formula is C25H26N2O4. The van der Waals surface area contributed by atoms with Gasteiger partial charge in [0.15, 0.2) is 0 Å². The molecule has 3 aromatic rings. The van der Waals surface area contributed by atoms with Crippen molar-refractivity contribution in [2.75, 3.05) is 13.1 Å². The van der Waals surface area contributed by atoms with E-state index in [9.17, 15) is 19.5 Å². The molecule has 1 amide bonds. The number of nitrogens with zero attached hydrogens (tertiary/aromatic N) is 2. The van der Waals surface area contributed by atoms with Gasteiger partial charge in [0, 0.05) is 36.3 Å². The fourth-order valence-corrected chi connectivity index (χ4v) is 4.07. The second-order valence-electron chi connectivity index (χ2n) is 8.45. The van der Waals surface area contributed by atoms with Crippen LogP contribution < -0.4 is 5.43 Å². The number of aromatic nitrogens is 1. The lowest BCUT2D eigenvalue weighted by atomic mass is 9.93. The zero-order valence-corrected chi connectivity index (χ0v) is 18.0. The summed E-state index contributed by atoms with van der Waals surface area (Å²) in [7, 11) is 0. The minimum atomic E-state index is -1.26. The van der Waals surface area contributed by atoms with E-state index in [1.807, 2.05) is 51.1 Å². The quantitative estimate of drug-likeness (QED) is 0.679. The molecule has 2 heterocycles. The number of aromatic carboxylic acids is 1. The van der Waals surface area contributed by atoms with Crippen molar-refractivity contribution in [1.82, 2.24) is 9.47 Å². The van der Waals surface area contributed by atoms with Crippen LogP contribution in [0.2, 0.25) is 0 Å². The van der Waals surface area contributed by atoms with Gasteiger partial charge in [-0.3, -0.25) is 9.59 Å². The lowest BCUT2D eigenvalue weighted by molar-refractivity contribution is 0.0649. The first-order chi connectivity index (χ1) is 14.8. The number of fused-ring (bicyclic) bond motifs is 1. The van der Waals surface area contributed by atoms with Crippen molar-refractivity contribution in [3.63, 3.8) is 0 Å². The normalized spacial score (nSPS) is 13.5. The first kappa shape index (κ1) is 20.8. The van der Waals surface area contributed by atoms with Crippen LogP contribution in [0.25, 0.3) is 10.9 Å². The van der Waals surface area contributed by atoms with Gasteiger partial charge in [-0.2, -0.15) is 0 Å². The van der Waals surface area contributed by atoms with E-state index in [4.69, 9.17) is 0 Å². The Morgan fingerprint density at radius 3 is 2.35 bits per heavy atom. The summed E-state index contributed by atoms with van der Waals surface area (Å²) in [6.07, 6.45) is 2.94. The van der Waals surface area contributed by atoms with Gasteiger partial charge in [-0.1, -0.05) is 24.3 Å². The first-order valence-corrected chi connectivity index (χ1v) is 10.6. The van der Waals surface area contributed by atoms with Crippen LogP contribution in [0.5, 0.6) is 0 Å². The van der Waals surface area contributed by atoms with Gasteiger partial charge in [-0.15, -0.1) is 0 Å². The molecule has 6 heteroatoms. The Morgan fingerprint density at radius 2 is 1.77 bits per heavy atom. The van der Waals surface area contributed by atoms with E-state index in [1.54, 1.807) is 15.5 Å². The molecule has 0 aliphatic carbocycles. The second kappa shape index (κ2) is 8.02. The number of hydrogen-bond acceptors (Lipinski definition) is 3. The van der Waals surface area contributed by atoms with Crippen LogP contribution in [-0.4, -0.2) is 39.5 Å². The predicted octanol–water partition coefficient (Wildman–Crippen LogP) is 4.03. The highest BCUT2D eigenvalue weighted by molar-refractivity contribution is 6.01. The Morgan fingerprint density at radius 1 is 1.06 bits per heavy atom. The summed E-state index contributed by atoms with van der Waals surface area (Å²) in [4.78, 5) is 39.6. The van der Waals surface area contributed by atoms with Gasteiger partial charge in [-0.05, 0) is 62.4 Å². The fraction of sp³-hybridized carbons (Fsp3) is 0.320. The third-order valence-electron chi connectivity index (χ3n) is 6.06. The first-order valence-electron chi connectivity index (χ1n) is 10.6. The summed E-state index contributed by atoms with van der Waals surface area (Å²) in [6, 6.07) is 11.5. The lowest BCUT2D eigenvalue weighted by Gasteiger charge is -2.32. The van der Waals surface area contributed by atoms with Crippen molar-refractivity contribution in [3.8, 4) is 0 Å². The van der Waals surface area contributed by atoms with Gasteiger partial charge in [-0.25, -0.2) is 4.79 Å². The van der Waals surface area contributed by atoms with E-state index in [0.717, 1.165) is 23.1 Å². The molecule has 1 aliphatic heterocycles. The number of carbonyl (C=O) groups excluding carboxylic acids is 1. The minimum Gasteiger partial charge on any atom is -0.477 e. The summed E-state index contributed by atoms with van der Waals surface area (Å²) in [5, 5.41) is 9.81. The number of carboxylic acid groups (broad SMARTS) is 1. The van der Waals surface area contributed by atoms with Crippen LogP contribution >= 0.6 is 0 Å². The van der Waals surface area contributed by atoms with Crippen molar-refractivity contribution in [2.45, 2.75) is 39.7 Å². The molecule has 4 rings (SSSR count). The molecule has 2 aromatic carbocycles. The summed E-state index contributed by atoms with van der Waals surface area (Å²) < 4.78 is 1.80. The predicted molar refractivity (Wildman–Crippen MR) is 120 cm³/mol. The molecular weight excluding hydrogens is 392 g/mol. The zero-order valence-electron chi connectivity index (χ0n) is 18.0. The van der Waals surface area contributed by atoms with Crippen LogP contribution in [0.4, 0.5) is 0 Å². The van der Waals surface area contributed by atoms with E-state index in [0.29, 0.717) is 30.6 Å². The Hall–Kier alpha value is -3.41. The highest BCUT2D eigenvalue weighted by Gasteiger charge is 2.26. The van der Waals surface area contributed by atoms with Crippen molar-refractivity contribution in [3.05, 3.63) is 80.6 Å². The SMILES string of the molecule is Cc1ccccc1Cc1cc2c(cc1C(=O)N1CCC1)c(=O)c(C(=O)O)cn2C(C)C. The van der Waals surface area contributed by atoms with E-state index in [1.165, 1.54) is 6.20 Å². The Kier molecular flexibility index (Phi) is 5.39. The summed E-state index contributed by atoms with van der Waals surface area (Å²) in [6.45, 7) is 7.32. The van der Waals surface area contributed by atoms with Crippen LogP contribution in [-0.2, 0) is 6.42 Å². The maximum absolute atomic E-state index is 13.2. The van der Waals surface area contributed by atoms with Crippen LogP contribution in [0.15, 0.2) is 47.4 Å². The van der Waals surface area contributed by atoms with Gasteiger partial charge in [0.2, 0.25) is 5.43 Å². The van der Waals surface area contributed by atoms with E-state index in [-0.39, 0.29) is 22.9 Å². The number of pyridine rings is 1. The van der Waals surface area contributed by atoms with Crippen LogP contribution in [0.1, 0.15) is 63.7 Å². The molecule has 6 nitrogen and oxygen atoms in total. The largest absolute Gasteiger partial charge is 0.477 e. The Labute approximate surface area is 180 Å². The molecule has 1 N–H and O–H groups in total. The smallest absolute Gasteiger partial charge is 0.341 e. The molecule has 160 valence electrons. The highest BCUT2D eigenvalue weighted by atomic mass is 16.4. The summed E-state index contributed by atoms with van der Waals surface area (Å²) in [5.74, 6) is -1.37. The number of hydrogen-bond donors (Lipinski definition) is 1. The number of likely N-dealkylation sites (tertiary alicyclic amines) is 1. The van der Waals surface area contributed by atoms with Crippen molar-refractivity contribution in [2.24, 2.45) is 0 Å². The molecule has 0 atom stereocenters. The standard InChI is InChI=1S/C25H26N2O4/c1-15(2)27-14-21(25(30)31)23(28)20-13-19(24(29)26-9-6-10-26)18(12-22(20)27)11-17-8-5-4-7-16(17)3/h4-5,7-8,12-15H,6,9-11H2,1-3H3,(H,30,31). The topological polar surface area (TPSA) is 79.6 Å². The average Bonchev–Trinajstić information content (AvgIpc) is 2.67. The molecule has 0 spiro atoms. The molecule has 31 heavy (non-hydrogen) atoms. The van der Waals surface area contributed by atoms with Crippen LogP contribution in [0.3, 0.4) is 0 Å². The Bertz CT molecular complexity index is 1250. The number of amides is 1. The third-order valence-corrected chi connectivity index (χ3v) is 6.06. The third kappa shape index (κ3) is 3.74.